The summed E-state index contributed by atoms with van der Waals surface area (Å²) < 4.78 is 38.5. The molecule has 1 atom stereocenters. The van der Waals surface area contributed by atoms with Gasteiger partial charge in [0.15, 0.2) is 0 Å². The third kappa shape index (κ3) is 4.49. The largest absolute Gasteiger partial charge is 0.416 e. The van der Waals surface area contributed by atoms with Crippen LogP contribution in [0.25, 0.3) is 0 Å². The summed E-state index contributed by atoms with van der Waals surface area (Å²) >= 11 is 6.13. The fourth-order valence-electron chi connectivity index (χ4n) is 2.64. The molecular formula is C14H19Cl2F3N2. The number of alkyl halides is 3. The fourth-order valence-corrected chi connectivity index (χ4v) is 2.89. The Labute approximate surface area is 134 Å². The van der Waals surface area contributed by atoms with E-state index in [4.69, 9.17) is 11.6 Å². The quantitative estimate of drug-likeness (QED) is 0.888. The van der Waals surface area contributed by atoms with Crippen molar-refractivity contribution in [3.05, 3.63) is 34.3 Å². The van der Waals surface area contributed by atoms with Gasteiger partial charge in [-0.25, -0.2) is 0 Å². The molecule has 0 aromatic heterocycles. The summed E-state index contributed by atoms with van der Waals surface area (Å²) in [6.07, 6.45) is -3.60. The van der Waals surface area contributed by atoms with E-state index in [0.717, 1.165) is 38.7 Å². The molecule has 0 amide bonds. The molecule has 0 radical (unpaired) electrons. The molecule has 0 unspecified atom stereocenters. The topological polar surface area (TPSA) is 15.3 Å². The van der Waals surface area contributed by atoms with E-state index in [0.29, 0.717) is 10.6 Å². The molecule has 7 heteroatoms. The average Bonchev–Trinajstić information content (AvgIpc) is 2.41. The van der Waals surface area contributed by atoms with Crippen LogP contribution in [0.1, 0.15) is 30.5 Å². The predicted molar refractivity (Wildman–Crippen MR) is 81.2 cm³/mol. The Morgan fingerprint density at radius 1 is 1.29 bits per heavy atom. The second-order valence-corrected chi connectivity index (χ2v) is 5.35. The van der Waals surface area contributed by atoms with Crippen LogP contribution in [0.3, 0.4) is 0 Å². The lowest BCUT2D eigenvalue weighted by molar-refractivity contribution is -0.137. The van der Waals surface area contributed by atoms with Crippen LogP contribution in [0.4, 0.5) is 13.2 Å². The Balaban J connectivity index is 0.00000220. The van der Waals surface area contributed by atoms with Crippen molar-refractivity contribution in [2.45, 2.75) is 25.6 Å². The molecule has 120 valence electrons. The van der Waals surface area contributed by atoms with Gasteiger partial charge in [0.1, 0.15) is 0 Å². The van der Waals surface area contributed by atoms with E-state index in [1.807, 2.05) is 6.92 Å². The summed E-state index contributed by atoms with van der Waals surface area (Å²) in [6.45, 7) is 5.33. The highest BCUT2D eigenvalue weighted by atomic mass is 35.5. The fraction of sp³-hybridized carbons (Fsp3) is 0.571. The van der Waals surface area contributed by atoms with Crippen LogP contribution in [0.5, 0.6) is 0 Å². The number of benzene rings is 1. The lowest BCUT2D eigenvalue weighted by Crippen LogP contribution is -2.45. The molecule has 1 aromatic carbocycles. The summed E-state index contributed by atoms with van der Waals surface area (Å²) in [5.74, 6) is 0. The highest BCUT2D eigenvalue weighted by Crippen LogP contribution is 2.36. The smallest absolute Gasteiger partial charge is 0.314 e. The zero-order chi connectivity index (χ0) is 14.8. The first-order chi connectivity index (χ1) is 9.43. The van der Waals surface area contributed by atoms with Crippen LogP contribution in [0.2, 0.25) is 5.02 Å². The van der Waals surface area contributed by atoms with E-state index in [1.54, 1.807) is 0 Å². The van der Waals surface area contributed by atoms with Crippen molar-refractivity contribution in [1.29, 1.82) is 0 Å². The number of hydrogen-bond donors (Lipinski definition) is 1. The first kappa shape index (κ1) is 18.6. The van der Waals surface area contributed by atoms with Crippen molar-refractivity contribution >= 4 is 24.0 Å². The normalized spacial score (nSPS) is 18.1. The van der Waals surface area contributed by atoms with Gasteiger partial charge in [0.05, 0.1) is 5.56 Å². The number of hydrogen-bond acceptors (Lipinski definition) is 2. The maximum atomic E-state index is 12.8. The Bertz CT molecular complexity index is 460. The maximum Gasteiger partial charge on any atom is 0.416 e. The standard InChI is InChI=1S/C14H18ClF3N2.ClH/c1-2-13(20-7-5-19-6-8-20)11-9-10(14(16,17)18)3-4-12(11)15;/h3-4,9,13,19H,2,5-8H2,1H3;1H/t13-;/m0./s1. The number of piperazine rings is 1. The summed E-state index contributed by atoms with van der Waals surface area (Å²) in [4.78, 5) is 2.19. The van der Waals surface area contributed by atoms with Crippen molar-refractivity contribution in [3.8, 4) is 0 Å². The van der Waals surface area contributed by atoms with Gasteiger partial charge in [0, 0.05) is 37.2 Å². The molecule has 1 aromatic rings. The molecule has 0 bridgehead atoms. The molecule has 21 heavy (non-hydrogen) atoms. The summed E-state index contributed by atoms with van der Waals surface area (Å²) in [7, 11) is 0. The SMILES string of the molecule is CC[C@@H](c1cc(C(F)(F)F)ccc1Cl)N1CCNCC1.Cl. The third-order valence-corrected chi connectivity index (χ3v) is 4.01. The second kappa shape index (κ2) is 7.68. The van der Waals surface area contributed by atoms with Crippen molar-refractivity contribution in [2.24, 2.45) is 0 Å². The van der Waals surface area contributed by atoms with Gasteiger partial charge in [-0.1, -0.05) is 18.5 Å². The monoisotopic (exact) mass is 342 g/mol. The predicted octanol–water partition coefficient (Wildman–Crippen LogP) is 4.14. The van der Waals surface area contributed by atoms with Gasteiger partial charge < -0.3 is 5.32 Å². The minimum atomic E-state index is -4.33. The maximum absolute atomic E-state index is 12.8. The van der Waals surface area contributed by atoms with Gasteiger partial charge in [-0.05, 0) is 30.2 Å². The van der Waals surface area contributed by atoms with Gasteiger partial charge in [-0.3, -0.25) is 4.90 Å². The molecule has 2 rings (SSSR count). The molecule has 1 N–H and O–H groups in total. The molecule has 0 saturated carbocycles. The Kier molecular flexibility index (Phi) is 6.78. The van der Waals surface area contributed by atoms with Gasteiger partial charge >= 0.3 is 6.18 Å². The van der Waals surface area contributed by atoms with Crippen LogP contribution in [-0.4, -0.2) is 31.1 Å². The van der Waals surface area contributed by atoms with Crippen molar-refractivity contribution < 1.29 is 13.2 Å². The number of rotatable bonds is 3. The van der Waals surface area contributed by atoms with Crippen molar-refractivity contribution in [1.82, 2.24) is 10.2 Å². The highest BCUT2D eigenvalue weighted by Gasteiger charge is 2.32. The molecule has 1 heterocycles. The molecule has 1 aliphatic rings. The van der Waals surface area contributed by atoms with Crippen LogP contribution in [-0.2, 0) is 6.18 Å². The van der Waals surface area contributed by atoms with E-state index in [2.05, 4.69) is 10.2 Å². The van der Waals surface area contributed by atoms with Crippen molar-refractivity contribution in [3.63, 3.8) is 0 Å². The molecule has 1 aliphatic heterocycles. The Morgan fingerprint density at radius 2 is 1.90 bits per heavy atom. The Morgan fingerprint density at radius 3 is 2.43 bits per heavy atom. The zero-order valence-electron chi connectivity index (χ0n) is 11.7. The average molecular weight is 343 g/mol. The van der Waals surface area contributed by atoms with Crippen LogP contribution < -0.4 is 5.32 Å². The van der Waals surface area contributed by atoms with Crippen molar-refractivity contribution in [2.75, 3.05) is 26.2 Å². The van der Waals surface area contributed by atoms with Gasteiger partial charge in [0.2, 0.25) is 0 Å². The lowest BCUT2D eigenvalue weighted by atomic mass is 9.99. The van der Waals surface area contributed by atoms with E-state index < -0.39 is 11.7 Å². The summed E-state index contributed by atoms with van der Waals surface area (Å²) in [6, 6.07) is 3.52. The minimum absolute atomic E-state index is 0. The molecule has 1 fully saturated rings. The first-order valence-electron chi connectivity index (χ1n) is 6.75. The number of halogens is 5. The molecule has 0 spiro atoms. The molecule has 0 aliphatic carbocycles. The van der Waals surface area contributed by atoms with E-state index >= 15 is 0 Å². The van der Waals surface area contributed by atoms with Crippen LogP contribution in [0.15, 0.2) is 18.2 Å². The lowest BCUT2D eigenvalue weighted by Gasteiger charge is -2.35. The molecule has 2 nitrogen and oxygen atoms in total. The van der Waals surface area contributed by atoms with Gasteiger partial charge in [-0.2, -0.15) is 13.2 Å². The number of nitrogens with zero attached hydrogens (tertiary/aromatic N) is 1. The van der Waals surface area contributed by atoms with Crippen LogP contribution in [0, 0.1) is 0 Å². The van der Waals surface area contributed by atoms with E-state index in [-0.39, 0.29) is 18.4 Å². The first-order valence-corrected chi connectivity index (χ1v) is 7.12. The van der Waals surface area contributed by atoms with E-state index in [1.165, 1.54) is 12.1 Å². The highest BCUT2D eigenvalue weighted by molar-refractivity contribution is 6.31. The third-order valence-electron chi connectivity index (χ3n) is 3.66. The van der Waals surface area contributed by atoms with Crippen LogP contribution >= 0.6 is 24.0 Å². The second-order valence-electron chi connectivity index (χ2n) is 4.94. The summed E-state index contributed by atoms with van der Waals surface area (Å²) in [5, 5.41) is 3.65. The minimum Gasteiger partial charge on any atom is -0.314 e. The molecular weight excluding hydrogens is 324 g/mol. The number of nitrogens with one attached hydrogen (secondary N) is 1. The Hall–Kier alpha value is -0.490. The van der Waals surface area contributed by atoms with Gasteiger partial charge in [-0.15, -0.1) is 12.4 Å². The zero-order valence-corrected chi connectivity index (χ0v) is 13.3. The van der Waals surface area contributed by atoms with E-state index in [9.17, 15) is 13.2 Å². The van der Waals surface area contributed by atoms with Gasteiger partial charge in [0.25, 0.3) is 0 Å². The molecule has 1 saturated heterocycles. The summed E-state index contributed by atoms with van der Waals surface area (Å²) in [5.41, 5.74) is -0.0589.